The second kappa shape index (κ2) is 5.58. The Morgan fingerprint density at radius 3 is 2.79 bits per heavy atom. The van der Waals surface area contributed by atoms with Gasteiger partial charge in [0.25, 0.3) is 10.0 Å². The molecule has 0 fully saturated rings. The van der Waals surface area contributed by atoms with E-state index in [-0.39, 0.29) is 15.2 Å². The summed E-state index contributed by atoms with van der Waals surface area (Å²) in [5.41, 5.74) is 1.25. The number of nitrogens with one attached hydrogen (secondary N) is 1. The number of rotatable bonds is 5. The third-order valence-corrected chi connectivity index (χ3v) is 5.75. The first-order valence-corrected chi connectivity index (χ1v) is 8.17. The molecule has 2 heterocycles. The maximum atomic E-state index is 12.0. The number of hydrogen-bond acceptors (Lipinski definition) is 5. The minimum absolute atomic E-state index is 0.165. The van der Waals surface area contributed by atoms with Gasteiger partial charge in [0.1, 0.15) is 0 Å². The van der Waals surface area contributed by atoms with Crippen LogP contribution in [0.3, 0.4) is 0 Å². The van der Waals surface area contributed by atoms with Gasteiger partial charge in [-0.2, -0.15) is 5.10 Å². The first kappa shape index (κ1) is 14.4. The van der Waals surface area contributed by atoms with Gasteiger partial charge in [0.05, 0.1) is 11.4 Å². The average Bonchev–Trinajstić information content (AvgIpc) is 2.85. The third-order valence-electron chi connectivity index (χ3n) is 2.41. The maximum absolute atomic E-state index is 12.0. The van der Waals surface area contributed by atoms with Crippen LogP contribution in [0.4, 0.5) is 0 Å². The molecule has 0 unspecified atom stereocenters. The van der Waals surface area contributed by atoms with Gasteiger partial charge in [-0.3, -0.25) is 4.68 Å². The SMILES string of the molecule is Cc1nc(Cl)sc1S(=O)(=O)NCCc1ccn(C)n1. The molecule has 0 aliphatic heterocycles. The van der Waals surface area contributed by atoms with Crippen LogP contribution in [0.2, 0.25) is 4.47 Å². The van der Waals surface area contributed by atoms with Crippen molar-refractivity contribution in [1.29, 1.82) is 0 Å². The Morgan fingerprint density at radius 2 is 2.26 bits per heavy atom. The lowest BCUT2D eigenvalue weighted by atomic mass is 10.3. The van der Waals surface area contributed by atoms with Gasteiger partial charge in [0.2, 0.25) is 0 Å². The highest BCUT2D eigenvalue weighted by atomic mass is 35.5. The Balaban J connectivity index is 2.00. The number of aryl methyl sites for hydroxylation is 2. The van der Waals surface area contributed by atoms with E-state index in [4.69, 9.17) is 11.6 Å². The van der Waals surface area contributed by atoms with E-state index in [1.54, 1.807) is 11.6 Å². The van der Waals surface area contributed by atoms with Crippen molar-refractivity contribution in [1.82, 2.24) is 19.5 Å². The van der Waals surface area contributed by atoms with Crippen molar-refractivity contribution in [2.45, 2.75) is 17.6 Å². The average molecular weight is 321 g/mol. The highest BCUT2D eigenvalue weighted by Crippen LogP contribution is 2.26. The molecule has 0 aliphatic rings. The first-order valence-electron chi connectivity index (χ1n) is 5.49. The van der Waals surface area contributed by atoms with Crippen LogP contribution >= 0.6 is 22.9 Å². The van der Waals surface area contributed by atoms with Crippen LogP contribution in [0.5, 0.6) is 0 Å². The van der Waals surface area contributed by atoms with Crippen molar-refractivity contribution in [3.63, 3.8) is 0 Å². The van der Waals surface area contributed by atoms with Crippen LogP contribution in [0, 0.1) is 6.92 Å². The summed E-state index contributed by atoms with van der Waals surface area (Å²) in [4.78, 5) is 3.90. The maximum Gasteiger partial charge on any atom is 0.251 e. The van der Waals surface area contributed by atoms with Gasteiger partial charge in [-0.15, -0.1) is 0 Å². The summed E-state index contributed by atoms with van der Waals surface area (Å²) >= 11 is 6.66. The smallest absolute Gasteiger partial charge is 0.251 e. The quantitative estimate of drug-likeness (QED) is 0.902. The van der Waals surface area contributed by atoms with E-state index in [2.05, 4.69) is 14.8 Å². The molecule has 104 valence electrons. The lowest BCUT2D eigenvalue weighted by Gasteiger charge is -2.03. The van der Waals surface area contributed by atoms with Crippen LogP contribution < -0.4 is 4.72 Å². The number of hydrogen-bond donors (Lipinski definition) is 1. The number of halogens is 1. The zero-order chi connectivity index (χ0) is 14.0. The number of nitrogens with zero attached hydrogens (tertiary/aromatic N) is 3. The van der Waals surface area contributed by atoms with Crippen LogP contribution in [-0.4, -0.2) is 29.7 Å². The molecule has 0 bridgehead atoms. The second-order valence-electron chi connectivity index (χ2n) is 3.97. The van der Waals surface area contributed by atoms with Crippen LogP contribution in [-0.2, 0) is 23.5 Å². The standard InChI is InChI=1S/C10H13ClN4O2S2/c1-7-9(18-10(11)13-7)19(16,17)12-5-3-8-4-6-15(2)14-8/h4,6,12H,3,5H2,1-2H3. The highest BCUT2D eigenvalue weighted by Gasteiger charge is 2.20. The Labute approximate surface area is 120 Å². The Kier molecular flexibility index (Phi) is 4.24. The van der Waals surface area contributed by atoms with Gasteiger partial charge in [0, 0.05) is 26.2 Å². The predicted octanol–water partition coefficient (Wildman–Crippen LogP) is 1.36. The van der Waals surface area contributed by atoms with Crippen molar-refractivity contribution in [2.75, 3.05) is 6.54 Å². The van der Waals surface area contributed by atoms with Crippen molar-refractivity contribution in [2.24, 2.45) is 7.05 Å². The number of thiazole rings is 1. The Hall–Kier alpha value is -0.960. The van der Waals surface area contributed by atoms with Crippen molar-refractivity contribution < 1.29 is 8.42 Å². The lowest BCUT2D eigenvalue weighted by molar-refractivity contribution is 0.582. The molecule has 0 aromatic carbocycles. The normalized spacial score (nSPS) is 11.9. The molecule has 2 aromatic rings. The van der Waals surface area contributed by atoms with Gasteiger partial charge in [0.15, 0.2) is 8.68 Å². The van der Waals surface area contributed by atoms with Crippen LogP contribution in [0.25, 0.3) is 0 Å². The molecule has 6 nitrogen and oxygen atoms in total. The summed E-state index contributed by atoms with van der Waals surface area (Å²) in [6.07, 6.45) is 2.35. The van der Waals surface area contributed by atoms with E-state index >= 15 is 0 Å². The van der Waals surface area contributed by atoms with Gasteiger partial charge < -0.3 is 0 Å². The Bertz CT molecular complexity index is 678. The summed E-state index contributed by atoms with van der Waals surface area (Å²) in [5.74, 6) is 0. The third kappa shape index (κ3) is 3.53. The van der Waals surface area contributed by atoms with Crippen LogP contribution in [0.1, 0.15) is 11.4 Å². The molecular formula is C10H13ClN4O2S2. The largest absolute Gasteiger partial charge is 0.276 e. The fraction of sp³-hybridized carbons (Fsp3) is 0.400. The topological polar surface area (TPSA) is 76.9 Å². The molecule has 1 N–H and O–H groups in total. The second-order valence-corrected chi connectivity index (χ2v) is 7.51. The minimum Gasteiger partial charge on any atom is -0.276 e. The number of sulfonamides is 1. The monoisotopic (exact) mass is 320 g/mol. The fourth-order valence-electron chi connectivity index (χ4n) is 1.58. The fourth-order valence-corrected chi connectivity index (χ4v) is 4.39. The van der Waals surface area contributed by atoms with Crippen molar-refractivity contribution >= 4 is 33.0 Å². The van der Waals surface area contributed by atoms with Gasteiger partial charge >= 0.3 is 0 Å². The summed E-state index contributed by atoms with van der Waals surface area (Å²) in [6, 6.07) is 1.85. The van der Waals surface area contributed by atoms with Gasteiger partial charge in [-0.1, -0.05) is 22.9 Å². The number of aromatic nitrogens is 3. The molecule has 0 saturated heterocycles. The predicted molar refractivity (Wildman–Crippen MR) is 74.0 cm³/mol. The molecule has 19 heavy (non-hydrogen) atoms. The van der Waals surface area contributed by atoms with E-state index in [0.717, 1.165) is 17.0 Å². The molecule has 0 saturated carbocycles. The zero-order valence-corrected chi connectivity index (χ0v) is 12.8. The molecule has 2 rings (SSSR count). The van der Waals surface area contributed by atoms with Crippen LogP contribution in [0.15, 0.2) is 16.5 Å². The zero-order valence-electron chi connectivity index (χ0n) is 10.4. The van der Waals surface area contributed by atoms with E-state index < -0.39 is 10.0 Å². The Morgan fingerprint density at radius 1 is 1.53 bits per heavy atom. The lowest BCUT2D eigenvalue weighted by Crippen LogP contribution is -2.26. The van der Waals surface area contributed by atoms with Gasteiger partial charge in [-0.25, -0.2) is 18.1 Å². The van der Waals surface area contributed by atoms with Gasteiger partial charge in [-0.05, 0) is 13.0 Å². The molecule has 2 aromatic heterocycles. The molecular weight excluding hydrogens is 308 g/mol. The summed E-state index contributed by atoms with van der Waals surface area (Å²) in [7, 11) is -1.73. The summed E-state index contributed by atoms with van der Waals surface area (Å²) in [5, 5.41) is 4.18. The summed E-state index contributed by atoms with van der Waals surface area (Å²) in [6.45, 7) is 1.91. The molecule has 0 aliphatic carbocycles. The molecule has 0 atom stereocenters. The highest BCUT2D eigenvalue weighted by molar-refractivity contribution is 7.91. The molecule has 9 heteroatoms. The van der Waals surface area contributed by atoms with E-state index in [0.29, 0.717) is 12.1 Å². The summed E-state index contributed by atoms with van der Waals surface area (Å²) < 4.78 is 28.7. The first-order chi connectivity index (χ1) is 8.88. The molecule has 0 amide bonds. The van der Waals surface area contributed by atoms with E-state index in [1.807, 2.05) is 19.3 Å². The molecule has 0 radical (unpaired) electrons. The minimum atomic E-state index is -3.55. The molecule has 0 spiro atoms. The van der Waals surface area contributed by atoms with Crippen molar-refractivity contribution in [3.05, 3.63) is 28.1 Å². The van der Waals surface area contributed by atoms with Crippen molar-refractivity contribution in [3.8, 4) is 0 Å². The van der Waals surface area contributed by atoms with E-state index in [9.17, 15) is 8.42 Å². The van der Waals surface area contributed by atoms with E-state index in [1.165, 1.54) is 0 Å².